The average molecular weight is 274 g/mol. The number of rotatable bonds is 4. The summed E-state index contributed by atoms with van der Waals surface area (Å²) in [6, 6.07) is 5.59. The molecule has 0 bridgehead atoms. The van der Waals surface area contributed by atoms with E-state index in [1.54, 1.807) is 0 Å². The zero-order valence-electron chi connectivity index (χ0n) is 11.2. The first-order valence-corrected chi connectivity index (χ1v) is 5.96. The molecule has 0 radical (unpaired) electrons. The maximum atomic E-state index is 12.0. The second-order valence-electron chi connectivity index (χ2n) is 5.36. The van der Waals surface area contributed by atoms with Crippen LogP contribution in [0.4, 0.5) is 13.2 Å². The number of carbonyl (C=O) groups is 1. The van der Waals surface area contributed by atoms with Crippen molar-refractivity contribution in [3.63, 3.8) is 0 Å². The first kappa shape index (κ1) is 15.5. The Labute approximate surface area is 110 Å². The Balaban J connectivity index is 2.56. The fourth-order valence-corrected chi connectivity index (χ4v) is 1.49. The Kier molecular flexibility index (Phi) is 4.61. The summed E-state index contributed by atoms with van der Waals surface area (Å²) < 4.78 is 39.6. The summed E-state index contributed by atoms with van der Waals surface area (Å²) >= 11 is 0. The van der Waals surface area contributed by atoms with Crippen molar-refractivity contribution < 1.29 is 22.7 Å². The lowest BCUT2D eigenvalue weighted by molar-refractivity contribution is -0.274. The molecule has 1 rings (SSSR count). The number of halogens is 3. The predicted octanol–water partition coefficient (Wildman–Crippen LogP) is 4.13. The van der Waals surface area contributed by atoms with Crippen molar-refractivity contribution >= 4 is 5.78 Å². The number of benzene rings is 1. The number of ether oxygens (including phenoxy) is 1. The summed E-state index contributed by atoms with van der Waals surface area (Å²) in [5.74, 6) is -0.124. The molecule has 0 saturated heterocycles. The smallest absolute Gasteiger partial charge is 0.406 e. The second-order valence-corrected chi connectivity index (χ2v) is 5.36. The van der Waals surface area contributed by atoms with Gasteiger partial charge in [-0.3, -0.25) is 4.79 Å². The lowest BCUT2D eigenvalue weighted by Gasteiger charge is -2.16. The van der Waals surface area contributed by atoms with Gasteiger partial charge in [-0.2, -0.15) is 0 Å². The molecule has 19 heavy (non-hydrogen) atoms. The second kappa shape index (κ2) is 5.63. The van der Waals surface area contributed by atoms with E-state index in [9.17, 15) is 18.0 Å². The maximum absolute atomic E-state index is 12.0. The Bertz CT molecular complexity index is 427. The largest absolute Gasteiger partial charge is 0.573 e. The molecule has 0 amide bonds. The van der Waals surface area contributed by atoms with Crippen LogP contribution in [0.5, 0.6) is 5.75 Å². The Morgan fingerprint density at radius 3 is 2.05 bits per heavy atom. The van der Waals surface area contributed by atoms with Crippen molar-refractivity contribution in [3.05, 3.63) is 29.8 Å². The van der Waals surface area contributed by atoms with Gasteiger partial charge in [-0.05, 0) is 24.1 Å². The van der Waals surface area contributed by atoms with Crippen LogP contribution in [-0.4, -0.2) is 12.1 Å². The van der Waals surface area contributed by atoms with Crippen LogP contribution in [0.15, 0.2) is 24.3 Å². The van der Waals surface area contributed by atoms with E-state index in [1.807, 2.05) is 20.8 Å². The van der Waals surface area contributed by atoms with Gasteiger partial charge in [0.2, 0.25) is 0 Å². The van der Waals surface area contributed by atoms with E-state index in [1.165, 1.54) is 24.3 Å². The van der Waals surface area contributed by atoms with Crippen molar-refractivity contribution in [3.8, 4) is 5.75 Å². The van der Waals surface area contributed by atoms with E-state index >= 15 is 0 Å². The summed E-state index contributed by atoms with van der Waals surface area (Å²) in [5, 5.41) is 0. The molecular weight excluding hydrogens is 257 g/mol. The average Bonchev–Trinajstić information content (AvgIpc) is 2.24. The van der Waals surface area contributed by atoms with Gasteiger partial charge >= 0.3 is 6.36 Å². The van der Waals surface area contributed by atoms with E-state index in [4.69, 9.17) is 0 Å². The van der Waals surface area contributed by atoms with E-state index in [2.05, 4.69) is 4.74 Å². The predicted molar refractivity (Wildman–Crippen MR) is 65.9 cm³/mol. The van der Waals surface area contributed by atoms with Gasteiger partial charge in [-0.15, -0.1) is 13.2 Å². The molecule has 1 aromatic carbocycles. The third-order valence-corrected chi connectivity index (χ3v) is 2.63. The molecular formula is C14H17F3O2. The third kappa shape index (κ3) is 5.77. The summed E-state index contributed by atoms with van der Waals surface area (Å²) in [5.41, 5.74) is 0.423. The van der Waals surface area contributed by atoms with Gasteiger partial charge in [0.25, 0.3) is 0 Å². The van der Waals surface area contributed by atoms with Gasteiger partial charge in [0.15, 0.2) is 0 Å². The van der Waals surface area contributed by atoms with Crippen LogP contribution in [0.3, 0.4) is 0 Å². The molecule has 0 aliphatic rings. The molecule has 1 aromatic rings. The summed E-state index contributed by atoms with van der Waals surface area (Å²) in [7, 11) is 0. The van der Waals surface area contributed by atoms with Gasteiger partial charge in [-0.25, -0.2) is 0 Å². The van der Waals surface area contributed by atoms with Gasteiger partial charge < -0.3 is 4.74 Å². The van der Waals surface area contributed by atoms with Gasteiger partial charge in [0.1, 0.15) is 11.5 Å². The molecule has 0 N–H and O–H groups in total. The highest BCUT2D eigenvalue weighted by Gasteiger charge is 2.30. The summed E-state index contributed by atoms with van der Waals surface area (Å²) in [6.45, 7) is 5.53. The van der Waals surface area contributed by atoms with Crippen LogP contribution in [0.1, 0.15) is 32.8 Å². The van der Waals surface area contributed by atoms with E-state index in [0.717, 1.165) is 5.56 Å². The molecule has 5 heteroatoms. The minimum absolute atomic E-state index is 0.128. The van der Waals surface area contributed by atoms with Crippen molar-refractivity contribution in [2.75, 3.05) is 0 Å². The van der Waals surface area contributed by atoms with Gasteiger partial charge in [-0.1, -0.05) is 32.9 Å². The molecule has 0 spiro atoms. The molecule has 0 fully saturated rings. The number of hydrogen-bond acceptors (Lipinski definition) is 2. The maximum Gasteiger partial charge on any atom is 0.573 e. The van der Waals surface area contributed by atoms with Crippen LogP contribution in [0, 0.1) is 5.41 Å². The lowest BCUT2D eigenvalue weighted by Crippen LogP contribution is -2.20. The quantitative estimate of drug-likeness (QED) is 0.825. The van der Waals surface area contributed by atoms with Crippen LogP contribution in [0.25, 0.3) is 0 Å². The Morgan fingerprint density at radius 1 is 1.11 bits per heavy atom. The Hall–Kier alpha value is -1.52. The fourth-order valence-electron chi connectivity index (χ4n) is 1.49. The zero-order valence-corrected chi connectivity index (χ0v) is 11.2. The lowest BCUT2D eigenvalue weighted by atomic mass is 9.87. The van der Waals surface area contributed by atoms with Crippen LogP contribution in [-0.2, 0) is 11.2 Å². The topological polar surface area (TPSA) is 26.3 Å². The minimum atomic E-state index is -4.68. The number of Topliss-reactive ketones (excluding diaryl/α,β-unsaturated/α-hetero) is 1. The molecule has 0 unspecified atom stereocenters. The first-order chi connectivity index (χ1) is 8.58. The molecule has 0 aromatic heterocycles. The molecule has 0 heterocycles. The zero-order chi connectivity index (χ0) is 14.7. The van der Waals surface area contributed by atoms with Crippen molar-refractivity contribution in [2.24, 2.45) is 5.41 Å². The van der Waals surface area contributed by atoms with Crippen LogP contribution in [0.2, 0.25) is 0 Å². The SMILES string of the molecule is CC(C)(C)C(=O)CCc1ccc(OC(F)(F)F)cc1. The van der Waals surface area contributed by atoms with Gasteiger partial charge in [0.05, 0.1) is 0 Å². The fraction of sp³-hybridized carbons (Fsp3) is 0.500. The van der Waals surface area contributed by atoms with Gasteiger partial charge in [0, 0.05) is 11.8 Å². The highest BCUT2D eigenvalue weighted by atomic mass is 19.4. The highest BCUT2D eigenvalue weighted by molar-refractivity contribution is 5.83. The number of hydrogen-bond donors (Lipinski definition) is 0. The summed E-state index contributed by atoms with van der Waals surface area (Å²) in [4.78, 5) is 11.7. The summed E-state index contributed by atoms with van der Waals surface area (Å²) in [6.07, 6.45) is -3.78. The monoisotopic (exact) mass is 274 g/mol. The van der Waals surface area contributed by atoms with Crippen molar-refractivity contribution in [1.29, 1.82) is 0 Å². The van der Waals surface area contributed by atoms with E-state index in [-0.39, 0.29) is 16.9 Å². The van der Waals surface area contributed by atoms with Crippen molar-refractivity contribution in [2.45, 2.75) is 40.0 Å². The molecule has 0 aliphatic carbocycles. The first-order valence-electron chi connectivity index (χ1n) is 5.96. The Morgan fingerprint density at radius 2 is 1.63 bits per heavy atom. The molecule has 0 saturated carbocycles. The number of ketones is 1. The van der Waals surface area contributed by atoms with Crippen LogP contribution >= 0.6 is 0 Å². The minimum Gasteiger partial charge on any atom is -0.406 e. The third-order valence-electron chi connectivity index (χ3n) is 2.63. The van der Waals surface area contributed by atoms with Crippen LogP contribution < -0.4 is 4.74 Å². The number of carbonyl (C=O) groups excluding carboxylic acids is 1. The molecule has 0 atom stereocenters. The van der Waals surface area contributed by atoms with Crippen molar-refractivity contribution in [1.82, 2.24) is 0 Å². The molecule has 106 valence electrons. The molecule has 0 aliphatic heterocycles. The number of aryl methyl sites for hydroxylation is 1. The number of alkyl halides is 3. The standard InChI is InChI=1S/C14H17F3O2/c1-13(2,3)12(18)9-6-10-4-7-11(8-5-10)19-14(15,16)17/h4-5,7-8H,6,9H2,1-3H3. The molecule has 2 nitrogen and oxygen atoms in total. The van der Waals surface area contributed by atoms with E-state index in [0.29, 0.717) is 12.8 Å². The van der Waals surface area contributed by atoms with E-state index < -0.39 is 6.36 Å². The normalized spacial score (nSPS) is 12.3. The highest BCUT2D eigenvalue weighted by Crippen LogP contribution is 2.23.